The van der Waals surface area contributed by atoms with Crippen LogP contribution in [0.25, 0.3) is 0 Å². The normalized spacial score (nSPS) is 10.8. The van der Waals surface area contributed by atoms with Crippen LogP contribution in [0.5, 0.6) is 0 Å². The minimum absolute atomic E-state index is 0.202. The minimum atomic E-state index is -0.983. The Hall–Kier alpha value is -3.38. The third-order valence-electron chi connectivity index (χ3n) is 4.13. The molecule has 1 amide bonds. The number of benzene rings is 3. The van der Waals surface area contributed by atoms with Crippen molar-refractivity contribution < 1.29 is 14.7 Å². The van der Waals surface area contributed by atoms with Gasteiger partial charge in [-0.2, -0.15) is 16.9 Å². The molecule has 0 aliphatic heterocycles. The molecule has 3 rings (SSSR count). The molecule has 5 nitrogen and oxygen atoms in total. The van der Waals surface area contributed by atoms with E-state index in [2.05, 4.69) is 22.7 Å². The number of hydrazone groups is 1. The van der Waals surface area contributed by atoms with Crippen LogP contribution in [0.2, 0.25) is 0 Å². The molecular formula is C23H20N2O3S. The van der Waals surface area contributed by atoms with Crippen molar-refractivity contribution in [2.24, 2.45) is 5.10 Å². The van der Waals surface area contributed by atoms with Gasteiger partial charge in [0.05, 0.1) is 11.8 Å². The summed E-state index contributed by atoms with van der Waals surface area (Å²) in [6, 6.07) is 24.0. The first kappa shape index (κ1) is 20.4. The Balaban J connectivity index is 1.47. The molecule has 0 fully saturated rings. The summed E-state index contributed by atoms with van der Waals surface area (Å²) in [5.41, 5.74) is 6.36. The van der Waals surface area contributed by atoms with Crippen LogP contribution < -0.4 is 5.43 Å². The van der Waals surface area contributed by atoms with E-state index in [0.717, 1.165) is 17.1 Å². The van der Waals surface area contributed by atoms with Gasteiger partial charge in [-0.1, -0.05) is 54.6 Å². The number of thioether (sulfide) groups is 1. The van der Waals surface area contributed by atoms with Crippen LogP contribution in [0.15, 0.2) is 84.0 Å². The zero-order chi connectivity index (χ0) is 20.5. The molecule has 0 saturated heterocycles. The third-order valence-corrected chi connectivity index (χ3v) is 5.21. The number of amides is 1. The molecule has 0 aliphatic carbocycles. The van der Waals surface area contributed by atoms with Gasteiger partial charge < -0.3 is 5.11 Å². The maximum atomic E-state index is 12.2. The van der Waals surface area contributed by atoms with Crippen molar-refractivity contribution in [2.45, 2.75) is 11.5 Å². The van der Waals surface area contributed by atoms with Crippen LogP contribution in [-0.4, -0.2) is 23.2 Å². The average molecular weight is 404 g/mol. The quantitative estimate of drug-likeness (QED) is 0.425. The number of nitrogens with one attached hydrogen (secondary N) is 1. The van der Waals surface area contributed by atoms with Gasteiger partial charge >= 0.3 is 5.97 Å². The van der Waals surface area contributed by atoms with Crippen molar-refractivity contribution in [3.63, 3.8) is 0 Å². The summed E-state index contributed by atoms with van der Waals surface area (Å²) in [5.74, 6) is 0.544. The molecule has 0 aromatic heterocycles. The first-order valence-corrected chi connectivity index (χ1v) is 10.1. The highest BCUT2D eigenvalue weighted by atomic mass is 32.2. The highest BCUT2D eigenvalue weighted by Gasteiger charge is 2.05. The van der Waals surface area contributed by atoms with E-state index in [1.165, 1.54) is 23.9 Å². The van der Waals surface area contributed by atoms with Crippen LogP contribution in [0, 0.1) is 0 Å². The summed E-state index contributed by atoms with van der Waals surface area (Å²) in [4.78, 5) is 23.0. The molecule has 0 radical (unpaired) electrons. The van der Waals surface area contributed by atoms with E-state index < -0.39 is 5.97 Å². The number of aromatic carboxylic acids is 1. The number of carbonyl (C=O) groups excluding carboxylic acids is 1. The van der Waals surface area contributed by atoms with Crippen LogP contribution >= 0.6 is 11.8 Å². The predicted molar refractivity (Wildman–Crippen MR) is 116 cm³/mol. The number of hydrogen-bond acceptors (Lipinski definition) is 4. The highest BCUT2D eigenvalue weighted by molar-refractivity contribution is 7.97. The summed E-state index contributed by atoms with van der Waals surface area (Å²) in [5, 5.41) is 12.8. The minimum Gasteiger partial charge on any atom is -0.478 e. The Bertz CT molecular complexity index is 985. The van der Waals surface area contributed by atoms with Gasteiger partial charge in [0.1, 0.15) is 0 Å². The fourth-order valence-corrected chi connectivity index (χ4v) is 3.51. The molecule has 146 valence electrons. The lowest BCUT2D eigenvalue weighted by molar-refractivity contribution is 0.0696. The van der Waals surface area contributed by atoms with Gasteiger partial charge in [0.25, 0.3) is 5.91 Å². The van der Waals surface area contributed by atoms with Gasteiger partial charge in [0.15, 0.2) is 0 Å². The molecule has 0 atom stereocenters. The topological polar surface area (TPSA) is 78.8 Å². The molecule has 29 heavy (non-hydrogen) atoms. The number of rotatable bonds is 8. The summed E-state index contributed by atoms with van der Waals surface area (Å²) in [7, 11) is 0. The van der Waals surface area contributed by atoms with Crippen molar-refractivity contribution in [2.75, 3.05) is 0 Å². The van der Waals surface area contributed by atoms with E-state index >= 15 is 0 Å². The molecule has 0 bridgehead atoms. The molecule has 6 heteroatoms. The fraction of sp³-hybridized carbons (Fsp3) is 0.0870. The van der Waals surface area contributed by atoms with Crippen LogP contribution in [0.4, 0.5) is 0 Å². The van der Waals surface area contributed by atoms with Crippen LogP contribution in [0.3, 0.4) is 0 Å². The molecule has 3 aromatic carbocycles. The number of carboxylic acid groups (broad SMARTS) is 1. The lowest BCUT2D eigenvalue weighted by Gasteiger charge is -2.04. The molecule has 0 saturated carbocycles. The Morgan fingerprint density at radius 2 is 1.41 bits per heavy atom. The van der Waals surface area contributed by atoms with E-state index in [-0.39, 0.29) is 11.5 Å². The van der Waals surface area contributed by atoms with Crippen LogP contribution in [0.1, 0.15) is 37.4 Å². The zero-order valence-corrected chi connectivity index (χ0v) is 16.4. The van der Waals surface area contributed by atoms with Gasteiger partial charge in [-0.05, 0) is 41.0 Å². The molecule has 2 N–H and O–H groups in total. The second-order valence-corrected chi connectivity index (χ2v) is 7.29. The second-order valence-electron chi connectivity index (χ2n) is 6.30. The molecule has 0 aliphatic rings. The van der Waals surface area contributed by atoms with E-state index in [1.54, 1.807) is 24.3 Å². The lowest BCUT2D eigenvalue weighted by Crippen LogP contribution is -2.17. The largest absolute Gasteiger partial charge is 0.478 e. The molecular weight excluding hydrogens is 384 g/mol. The standard InChI is InChI=1S/C23H20N2O3S/c26-22(25-24-14-17-6-12-21(13-7-17)23(27)28)20-10-8-19(9-11-20)16-29-15-18-4-2-1-3-5-18/h1-14H,15-16H2,(H,25,26)(H,27,28)/b24-14-. The number of carbonyl (C=O) groups is 2. The number of carboxylic acids is 1. The van der Waals surface area contributed by atoms with E-state index in [0.29, 0.717) is 11.1 Å². The average Bonchev–Trinajstić information content (AvgIpc) is 2.75. The van der Waals surface area contributed by atoms with Gasteiger partial charge in [-0.25, -0.2) is 10.2 Å². The Labute approximate surface area is 173 Å². The Kier molecular flexibility index (Phi) is 7.19. The van der Waals surface area contributed by atoms with E-state index in [1.807, 2.05) is 42.1 Å². The highest BCUT2D eigenvalue weighted by Crippen LogP contribution is 2.18. The Morgan fingerprint density at radius 1 is 0.828 bits per heavy atom. The second kappa shape index (κ2) is 10.2. The predicted octanol–water partition coefficient (Wildman–Crippen LogP) is 4.58. The number of nitrogens with zero attached hydrogens (tertiary/aromatic N) is 1. The molecule has 0 heterocycles. The summed E-state index contributed by atoms with van der Waals surface area (Å²) in [6.45, 7) is 0. The zero-order valence-electron chi connectivity index (χ0n) is 15.6. The van der Waals surface area contributed by atoms with Gasteiger partial charge in [-0.15, -0.1) is 0 Å². The maximum absolute atomic E-state index is 12.2. The maximum Gasteiger partial charge on any atom is 0.335 e. The molecule has 0 spiro atoms. The summed E-state index contributed by atoms with van der Waals surface area (Å²) < 4.78 is 0. The first-order valence-electron chi connectivity index (χ1n) is 8.99. The molecule has 3 aromatic rings. The van der Waals surface area contributed by atoms with Crippen molar-refractivity contribution in [1.29, 1.82) is 0 Å². The van der Waals surface area contributed by atoms with Gasteiger partial charge in [0, 0.05) is 17.1 Å². The summed E-state index contributed by atoms with van der Waals surface area (Å²) >= 11 is 1.83. The monoisotopic (exact) mass is 404 g/mol. The van der Waals surface area contributed by atoms with Gasteiger partial charge in [-0.3, -0.25) is 4.79 Å². The van der Waals surface area contributed by atoms with Gasteiger partial charge in [0.2, 0.25) is 0 Å². The SMILES string of the molecule is O=C(O)c1ccc(/C=N\NC(=O)c2ccc(CSCc3ccccc3)cc2)cc1. The van der Waals surface area contributed by atoms with Crippen molar-refractivity contribution in [3.05, 3.63) is 107 Å². The lowest BCUT2D eigenvalue weighted by atomic mass is 10.1. The van der Waals surface area contributed by atoms with Crippen molar-refractivity contribution in [3.8, 4) is 0 Å². The van der Waals surface area contributed by atoms with E-state index in [9.17, 15) is 9.59 Å². The Morgan fingerprint density at radius 3 is 2.03 bits per heavy atom. The van der Waals surface area contributed by atoms with Crippen LogP contribution in [-0.2, 0) is 11.5 Å². The fourth-order valence-electron chi connectivity index (χ4n) is 2.56. The van der Waals surface area contributed by atoms with Crippen molar-refractivity contribution >= 4 is 29.9 Å². The third kappa shape index (κ3) is 6.33. The first-order chi connectivity index (χ1) is 14.1. The summed E-state index contributed by atoms with van der Waals surface area (Å²) in [6.07, 6.45) is 1.47. The number of hydrogen-bond donors (Lipinski definition) is 2. The van der Waals surface area contributed by atoms with Crippen molar-refractivity contribution in [1.82, 2.24) is 5.43 Å². The van der Waals surface area contributed by atoms with E-state index in [4.69, 9.17) is 5.11 Å². The smallest absolute Gasteiger partial charge is 0.335 e. The molecule has 0 unspecified atom stereocenters.